The van der Waals surface area contributed by atoms with Crippen molar-refractivity contribution >= 4 is 6.29 Å². The third kappa shape index (κ3) is 2.25. The molecule has 1 aliphatic rings. The highest BCUT2D eigenvalue weighted by molar-refractivity contribution is 5.58. The second-order valence-corrected chi connectivity index (χ2v) is 3.50. The summed E-state index contributed by atoms with van der Waals surface area (Å²) in [4.78, 5) is 10.6. The molecule has 0 bridgehead atoms. The molecule has 1 saturated heterocycles. The number of ether oxygens (including phenoxy) is 2. The molecular formula is C8H15NO4. The molecule has 0 aliphatic carbocycles. The molecule has 5 heteroatoms. The van der Waals surface area contributed by atoms with Gasteiger partial charge in [0.15, 0.2) is 12.1 Å². The van der Waals surface area contributed by atoms with Crippen LogP contribution < -0.4 is 5.73 Å². The van der Waals surface area contributed by atoms with E-state index < -0.39 is 24.1 Å². The van der Waals surface area contributed by atoms with Crippen LogP contribution in [0, 0.1) is 0 Å². The molecule has 0 saturated carbocycles. The van der Waals surface area contributed by atoms with E-state index in [0.29, 0.717) is 6.29 Å². The van der Waals surface area contributed by atoms with Gasteiger partial charge in [0.1, 0.15) is 12.2 Å². The van der Waals surface area contributed by atoms with Crippen molar-refractivity contribution in [3.63, 3.8) is 0 Å². The Morgan fingerprint density at radius 3 is 2.69 bits per heavy atom. The summed E-state index contributed by atoms with van der Waals surface area (Å²) < 4.78 is 10.5. The lowest BCUT2D eigenvalue weighted by atomic mass is 10.1. The van der Waals surface area contributed by atoms with Gasteiger partial charge in [-0.25, -0.2) is 0 Å². The zero-order valence-corrected chi connectivity index (χ0v) is 7.77. The molecule has 1 rings (SSSR count). The van der Waals surface area contributed by atoms with E-state index in [9.17, 15) is 9.90 Å². The minimum absolute atomic E-state index is 0.0500. The number of hydrogen-bond acceptors (Lipinski definition) is 5. The molecule has 0 radical (unpaired) electrons. The van der Waals surface area contributed by atoms with Gasteiger partial charge in [0.05, 0.1) is 6.10 Å². The molecule has 1 fully saturated rings. The third-order valence-electron chi connectivity index (χ3n) is 1.92. The number of aliphatic hydroxyl groups excluding tert-OH is 1. The first-order valence-electron chi connectivity index (χ1n) is 4.19. The van der Waals surface area contributed by atoms with Crippen molar-refractivity contribution in [3.8, 4) is 0 Å². The lowest BCUT2D eigenvalue weighted by molar-refractivity contribution is -0.156. The van der Waals surface area contributed by atoms with Crippen molar-refractivity contribution in [1.82, 2.24) is 0 Å². The number of hydrogen-bond donors (Lipinski definition) is 2. The van der Waals surface area contributed by atoms with Gasteiger partial charge >= 0.3 is 0 Å². The molecule has 76 valence electrons. The molecule has 0 spiro atoms. The van der Waals surface area contributed by atoms with Crippen molar-refractivity contribution in [2.24, 2.45) is 5.73 Å². The number of carbonyl (C=O) groups is 1. The molecule has 5 nitrogen and oxygen atoms in total. The van der Waals surface area contributed by atoms with Crippen LogP contribution in [-0.2, 0) is 14.3 Å². The minimum atomic E-state index is -0.864. The highest BCUT2D eigenvalue weighted by atomic mass is 16.8. The first kappa shape index (κ1) is 10.6. The van der Waals surface area contributed by atoms with E-state index in [1.807, 2.05) is 0 Å². The molecule has 0 amide bonds. The van der Waals surface area contributed by atoms with Gasteiger partial charge < -0.3 is 25.1 Å². The van der Waals surface area contributed by atoms with E-state index in [4.69, 9.17) is 15.2 Å². The van der Waals surface area contributed by atoms with E-state index >= 15 is 0 Å². The fourth-order valence-corrected chi connectivity index (χ4v) is 1.35. The smallest absolute Gasteiger partial charge is 0.164 e. The summed E-state index contributed by atoms with van der Waals surface area (Å²) in [5.41, 5.74) is 5.26. The highest BCUT2D eigenvalue weighted by Gasteiger charge is 2.44. The Kier molecular flexibility index (Phi) is 3.02. The van der Waals surface area contributed by atoms with E-state index in [1.54, 1.807) is 13.8 Å². The fraction of sp³-hybridized carbons (Fsp3) is 0.875. The Morgan fingerprint density at radius 2 is 2.23 bits per heavy atom. The fourth-order valence-electron chi connectivity index (χ4n) is 1.35. The Hall–Kier alpha value is -0.490. The van der Waals surface area contributed by atoms with Crippen LogP contribution in [0.5, 0.6) is 0 Å². The van der Waals surface area contributed by atoms with Crippen LogP contribution in [0.4, 0.5) is 0 Å². The van der Waals surface area contributed by atoms with Crippen LogP contribution in [0.25, 0.3) is 0 Å². The second kappa shape index (κ2) is 3.71. The molecular weight excluding hydrogens is 174 g/mol. The molecule has 0 aromatic heterocycles. The second-order valence-electron chi connectivity index (χ2n) is 3.50. The van der Waals surface area contributed by atoms with Crippen molar-refractivity contribution in [2.45, 2.75) is 37.9 Å². The van der Waals surface area contributed by atoms with Crippen LogP contribution in [0.15, 0.2) is 0 Å². The van der Waals surface area contributed by atoms with Crippen LogP contribution in [0.1, 0.15) is 13.8 Å². The predicted octanol–water partition coefficient (Wildman–Crippen LogP) is -0.975. The molecule has 1 heterocycles. The average molecular weight is 189 g/mol. The summed E-state index contributed by atoms with van der Waals surface area (Å²) in [5, 5.41) is 9.40. The number of aliphatic hydroxyl groups is 1. The van der Waals surface area contributed by atoms with Gasteiger partial charge in [0.25, 0.3) is 0 Å². The molecule has 1 aliphatic heterocycles. The molecule has 0 unspecified atom stereocenters. The number of rotatable bonds is 3. The normalized spacial score (nSPS) is 34.5. The van der Waals surface area contributed by atoms with Crippen molar-refractivity contribution < 1.29 is 19.4 Å². The standard InChI is InChI=1S/C8H15NO4/c1-8(2)12-6(4-10)7(13-8)5(11)3-9/h4-7,11H,3,9H2,1-2H3/t5-,6+,7-/m1/s1. The van der Waals surface area contributed by atoms with Crippen molar-refractivity contribution in [3.05, 3.63) is 0 Å². The van der Waals surface area contributed by atoms with Gasteiger partial charge in [-0.05, 0) is 13.8 Å². The van der Waals surface area contributed by atoms with Gasteiger partial charge in [-0.1, -0.05) is 0 Å². The average Bonchev–Trinajstić information content (AvgIpc) is 2.39. The van der Waals surface area contributed by atoms with E-state index in [1.165, 1.54) is 0 Å². The van der Waals surface area contributed by atoms with Crippen molar-refractivity contribution in [2.75, 3.05) is 6.54 Å². The molecule has 0 aromatic carbocycles. The van der Waals surface area contributed by atoms with Crippen LogP contribution in [-0.4, -0.2) is 42.0 Å². The maximum absolute atomic E-state index is 10.6. The van der Waals surface area contributed by atoms with Gasteiger partial charge in [-0.2, -0.15) is 0 Å². The van der Waals surface area contributed by atoms with E-state index in [2.05, 4.69) is 0 Å². The maximum atomic E-state index is 10.6. The zero-order valence-electron chi connectivity index (χ0n) is 7.77. The first-order chi connectivity index (χ1) is 6.00. The van der Waals surface area contributed by atoms with Gasteiger partial charge in [0, 0.05) is 6.54 Å². The summed E-state index contributed by atoms with van der Waals surface area (Å²) in [6, 6.07) is 0. The van der Waals surface area contributed by atoms with Gasteiger partial charge in [0.2, 0.25) is 0 Å². The monoisotopic (exact) mass is 189 g/mol. The number of nitrogens with two attached hydrogens (primary N) is 1. The summed E-state index contributed by atoms with van der Waals surface area (Å²) in [5.74, 6) is -0.827. The molecule has 3 atom stereocenters. The Balaban J connectivity index is 2.68. The topological polar surface area (TPSA) is 81.8 Å². The predicted molar refractivity (Wildman–Crippen MR) is 45.0 cm³/mol. The van der Waals surface area contributed by atoms with Crippen LogP contribution in [0.2, 0.25) is 0 Å². The maximum Gasteiger partial charge on any atom is 0.164 e. The molecule has 13 heavy (non-hydrogen) atoms. The van der Waals surface area contributed by atoms with E-state index in [-0.39, 0.29) is 6.54 Å². The van der Waals surface area contributed by atoms with Gasteiger partial charge in [-0.15, -0.1) is 0 Å². The van der Waals surface area contributed by atoms with Crippen LogP contribution in [0.3, 0.4) is 0 Å². The van der Waals surface area contributed by atoms with Gasteiger partial charge in [-0.3, -0.25) is 0 Å². The van der Waals surface area contributed by atoms with Crippen molar-refractivity contribution in [1.29, 1.82) is 0 Å². The SMILES string of the molecule is CC1(C)O[C@H]([C@H](O)CN)[C@H](C=O)O1. The molecule has 0 aromatic rings. The minimum Gasteiger partial charge on any atom is -0.389 e. The lowest BCUT2D eigenvalue weighted by Gasteiger charge is -2.19. The Labute approximate surface area is 76.8 Å². The lowest BCUT2D eigenvalue weighted by Crippen LogP contribution is -2.40. The summed E-state index contributed by atoms with van der Waals surface area (Å²) >= 11 is 0. The summed E-state index contributed by atoms with van der Waals surface area (Å²) in [6.45, 7) is 3.42. The Morgan fingerprint density at radius 1 is 1.62 bits per heavy atom. The zero-order chi connectivity index (χ0) is 10.1. The van der Waals surface area contributed by atoms with E-state index in [0.717, 1.165) is 0 Å². The Bertz CT molecular complexity index is 195. The summed E-state index contributed by atoms with van der Waals surface area (Å²) in [7, 11) is 0. The summed E-state index contributed by atoms with van der Waals surface area (Å²) in [6.07, 6.45) is -1.62. The molecule has 3 N–H and O–H groups in total. The largest absolute Gasteiger partial charge is 0.389 e. The van der Waals surface area contributed by atoms with Crippen LogP contribution >= 0.6 is 0 Å². The third-order valence-corrected chi connectivity index (χ3v) is 1.92. The number of aldehydes is 1. The quantitative estimate of drug-likeness (QED) is 0.558. The first-order valence-corrected chi connectivity index (χ1v) is 4.19. The highest BCUT2D eigenvalue weighted by Crippen LogP contribution is 2.28. The number of carbonyl (C=O) groups excluding carboxylic acids is 1.